The van der Waals surface area contributed by atoms with Crippen molar-refractivity contribution < 1.29 is 18.4 Å². The average molecular weight is 443 g/mol. The molecule has 9 heteroatoms. The van der Waals surface area contributed by atoms with E-state index in [1.165, 1.54) is 11.3 Å². The SMILES string of the molecule is N=C1CN(c2cccc3cc(C(=O)N4CCCCC4)ccc23)CCN1C(=O)NCC(F)F. The molecule has 2 aliphatic heterocycles. The summed E-state index contributed by atoms with van der Waals surface area (Å²) in [6.45, 7) is 1.76. The molecule has 2 aromatic carbocycles. The number of urea groups is 1. The fourth-order valence-corrected chi connectivity index (χ4v) is 4.35. The van der Waals surface area contributed by atoms with Crippen LogP contribution in [0, 0.1) is 5.41 Å². The monoisotopic (exact) mass is 443 g/mol. The predicted molar refractivity (Wildman–Crippen MR) is 120 cm³/mol. The van der Waals surface area contributed by atoms with Gasteiger partial charge in [0.25, 0.3) is 12.3 Å². The van der Waals surface area contributed by atoms with E-state index in [1.54, 1.807) is 0 Å². The number of amides is 3. The van der Waals surface area contributed by atoms with E-state index in [0.29, 0.717) is 12.1 Å². The van der Waals surface area contributed by atoms with Gasteiger partial charge in [0.1, 0.15) is 5.84 Å². The molecule has 0 radical (unpaired) electrons. The Morgan fingerprint density at radius 3 is 2.53 bits per heavy atom. The number of halogens is 2. The molecule has 0 saturated carbocycles. The fraction of sp³-hybridized carbons (Fsp3) is 0.435. The summed E-state index contributed by atoms with van der Waals surface area (Å²) in [6.07, 6.45) is 0.626. The molecule has 3 amide bonds. The van der Waals surface area contributed by atoms with Gasteiger partial charge in [-0.05, 0) is 42.8 Å². The first-order valence-electron chi connectivity index (χ1n) is 10.9. The summed E-state index contributed by atoms with van der Waals surface area (Å²) in [4.78, 5) is 30.1. The van der Waals surface area contributed by atoms with Crippen LogP contribution in [-0.4, -0.2) is 73.3 Å². The van der Waals surface area contributed by atoms with E-state index in [1.807, 2.05) is 46.2 Å². The van der Waals surface area contributed by atoms with Crippen molar-refractivity contribution in [1.82, 2.24) is 15.1 Å². The number of carbonyl (C=O) groups excluding carboxylic acids is 2. The van der Waals surface area contributed by atoms with Crippen LogP contribution < -0.4 is 10.2 Å². The second kappa shape index (κ2) is 9.50. The third-order valence-electron chi connectivity index (χ3n) is 6.00. The van der Waals surface area contributed by atoms with Gasteiger partial charge in [0.15, 0.2) is 0 Å². The van der Waals surface area contributed by atoms with Gasteiger partial charge >= 0.3 is 6.03 Å². The maximum atomic E-state index is 12.9. The molecule has 0 bridgehead atoms. The minimum atomic E-state index is -2.63. The highest BCUT2D eigenvalue weighted by Crippen LogP contribution is 2.29. The highest BCUT2D eigenvalue weighted by Gasteiger charge is 2.27. The second-order valence-electron chi connectivity index (χ2n) is 8.16. The maximum absolute atomic E-state index is 12.9. The minimum Gasteiger partial charge on any atom is -0.362 e. The molecule has 2 N–H and O–H groups in total. The van der Waals surface area contributed by atoms with Crippen molar-refractivity contribution in [1.29, 1.82) is 5.41 Å². The lowest BCUT2D eigenvalue weighted by molar-refractivity contribution is 0.0724. The molecule has 2 aromatic rings. The van der Waals surface area contributed by atoms with Crippen LogP contribution in [0.5, 0.6) is 0 Å². The smallest absolute Gasteiger partial charge is 0.323 e. The van der Waals surface area contributed by atoms with Gasteiger partial charge < -0.3 is 15.1 Å². The molecule has 7 nitrogen and oxygen atoms in total. The molecule has 2 heterocycles. The second-order valence-corrected chi connectivity index (χ2v) is 8.16. The van der Waals surface area contributed by atoms with Gasteiger partial charge in [0, 0.05) is 42.8 Å². The molecule has 0 spiro atoms. The normalized spacial score (nSPS) is 17.2. The van der Waals surface area contributed by atoms with Gasteiger partial charge in [-0.15, -0.1) is 0 Å². The Labute approximate surface area is 185 Å². The maximum Gasteiger partial charge on any atom is 0.323 e. The summed E-state index contributed by atoms with van der Waals surface area (Å²) in [5.74, 6) is 0.110. The zero-order valence-electron chi connectivity index (χ0n) is 17.8. The molecule has 0 aliphatic carbocycles. The summed E-state index contributed by atoms with van der Waals surface area (Å²) < 4.78 is 24.7. The minimum absolute atomic E-state index is 0.0527. The van der Waals surface area contributed by atoms with Crippen LogP contribution in [0.1, 0.15) is 29.6 Å². The van der Waals surface area contributed by atoms with Crippen molar-refractivity contribution in [2.45, 2.75) is 25.7 Å². The Hall–Kier alpha value is -3.23. The number of likely N-dealkylation sites (tertiary alicyclic amines) is 1. The van der Waals surface area contributed by atoms with Gasteiger partial charge in [0.2, 0.25) is 0 Å². The van der Waals surface area contributed by atoms with E-state index in [4.69, 9.17) is 5.41 Å². The third-order valence-corrected chi connectivity index (χ3v) is 6.00. The predicted octanol–water partition coefficient (Wildman–Crippen LogP) is 3.54. The summed E-state index contributed by atoms with van der Waals surface area (Å²) in [6, 6.07) is 10.9. The number of nitrogens with one attached hydrogen (secondary N) is 2. The van der Waals surface area contributed by atoms with Gasteiger partial charge in [0.05, 0.1) is 13.1 Å². The van der Waals surface area contributed by atoms with E-state index in [0.717, 1.165) is 42.4 Å². The molecule has 170 valence electrons. The van der Waals surface area contributed by atoms with Crippen molar-refractivity contribution in [3.05, 3.63) is 42.0 Å². The summed E-state index contributed by atoms with van der Waals surface area (Å²) in [5.41, 5.74) is 1.58. The first kappa shape index (κ1) is 22.0. The molecule has 0 unspecified atom stereocenters. The van der Waals surface area contributed by atoms with E-state index in [9.17, 15) is 18.4 Å². The van der Waals surface area contributed by atoms with Crippen LogP contribution in [0.4, 0.5) is 19.3 Å². The van der Waals surface area contributed by atoms with Crippen molar-refractivity contribution in [2.24, 2.45) is 0 Å². The molecule has 2 fully saturated rings. The number of fused-ring (bicyclic) bond motifs is 1. The Morgan fingerprint density at radius 2 is 1.81 bits per heavy atom. The summed E-state index contributed by atoms with van der Waals surface area (Å²) in [5, 5.41) is 12.3. The van der Waals surface area contributed by atoms with E-state index in [2.05, 4.69) is 5.32 Å². The summed E-state index contributed by atoms with van der Waals surface area (Å²) in [7, 11) is 0. The average Bonchev–Trinajstić information content (AvgIpc) is 2.81. The van der Waals surface area contributed by atoms with Crippen LogP contribution in [0.2, 0.25) is 0 Å². The fourth-order valence-electron chi connectivity index (χ4n) is 4.35. The lowest BCUT2D eigenvalue weighted by Crippen LogP contribution is -2.55. The van der Waals surface area contributed by atoms with Crippen LogP contribution >= 0.6 is 0 Å². The number of amidine groups is 1. The van der Waals surface area contributed by atoms with Crippen molar-refractivity contribution in [2.75, 3.05) is 44.2 Å². The Morgan fingerprint density at radius 1 is 1.03 bits per heavy atom. The van der Waals surface area contributed by atoms with Crippen LogP contribution in [0.15, 0.2) is 36.4 Å². The Balaban J connectivity index is 1.49. The number of rotatable bonds is 4. The standard InChI is InChI=1S/C23H27F2N5O2/c24-20(25)14-27-23(32)30-12-11-29(15-21(30)26)19-6-4-5-16-13-17(7-8-18(16)19)22(31)28-9-2-1-3-10-28/h4-8,13,20,26H,1-3,9-12,14-15H2,(H,27,32). The van der Waals surface area contributed by atoms with Gasteiger partial charge in [-0.2, -0.15) is 0 Å². The Kier molecular flexibility index (Phi) is 6.53. The van der Waals surface area contributed by atoms with E-state index >= 15 is 0 Å². The van der Waals surface area contributed by atoms with E-state index in [-0.39, 0.29) is 24.8 Å². The highest BCUT2D eigenvalue weighted by molar-refractivity contribution is 6.04. The number of piperazine rings is 1. The third kappa shape index (κ3) is 4.66. The first-order chi connectivity index (χ1) is 15.4. The zero-order chi connectivity index (χ0) is 22.7. The number of benzene rings is 2. The largest absolute Gasteiger partial charge is 0.362 e. The Bertz CT molecular complexity index is 1020. The highest BCUT2D eigenvalue weighted by atomic mass is 19.3. The number of nitrogens with zero attached hydrogens (tertiary/aromatic N) is 3. The number of hydrogen-bond acceptors (Lipinski definition) is 4. The van der Waals surface area contributed by atoms with E-state index < -0.39 is 19.0 Å². The lowest BCUT2D eigenvalue weighted by Gasteiger charge is -2.36. The van der Waals surface area contributed by atoms with Crippen LogP contribution in [-0.2, 0) is 0 Å². The zero-order valence-corrected chi connectivity index (χ0v) is 17.8. The number of anilines is 1. The quantitative estimate of drug-likeness (QED) is 0.759. The lowest BCUT2D eigenvalue weighted by atomic mass is 10.0. The molecule has 32 heavy (non-hydrogen) atoms. The molecular weight excluding hydrogens is 416 g/mol. The molecule has 2 saturated heterocycles. The number of hydrogen-bond donors (Lipinski definition) is 2. The van der Waals surface area contributed by atoms with Gasteiger partial charge in [-0.3, -0.25) is 15.1 Å². The molecule has 0 aromatic heterocycles. The topological polar surface area (TPSA) is 79.7 Å². The molecular formula is C23H27F2N5O2. The van der Waals surface area contributed by atoms with Crippen molar-refractivity contribution in [3.63, 3.8) is 0 Å². The van der Waals surface area contributed by atoms with Crippen LogP contribution in [0.25, 0.3) is 10.8 Å². The summed E-state index contributed by atoms with van der Waals surface area (Å²) >= 11 is 0. The molecule has 4 rings (SSSR count). The van der Waals surface area contributed by atoms with Crippen LogP contribution in [0.3, 0.4) is 0 Å². The van der Waals surface area contributed by atoms with Crippen molar-refractivity contribution >= 4 is 34.2 Å². The molecule has 2 aliphatic rings. The van der Waals surface area contributed by atoms with Gasteiger partial charge in [-0.1, -0.05) is 18.2 Å². The number of carbonyl (C=O) groups is 2. The first-order valence-corrected chi connectivity index (χ1v) is 10.9. The number of alkyl halides is 2. The number of piperidine rings is 1. The van der Waals surface area contributed by atoms with Gasteiger partial charge in [-0.25, -0.2) is 13.6 Å². The molecule has 0 atom stereocenters. The van der Waals surface area contributed by atoms with Crippen molar-refractivity contribution in [3.8, 4) is 0 Å².